The lowest BCUT2D eigenvalue weighted by molar-refractivity contribution is -0.122. The van der Waals surface area contributed by atoms with E-state index in [2.05, 4.69) is 53.6 Å². The average Bonchev–Trinajstić information content (AvgIpc) is 3.80. The Morgan fingerprint density at radius 1 is 0.944 bits per heavy atom. The predicted molar refractivity (Wildman–Crippen MR) is 137 cm³/mol. The number of carbonyl (C=O) groups is 2. The average molecular weight is 502 g/mol. The van der Waals surface area contributed by atoms with E-state index >= 15 is 0 Å². The van der Waals surface area contributed by atoms with Crippen molar-refractivity contribution in [2.24, 2.45) is 11.8 Å². The van der Waals surface area contributed by atoms with E-state index in [1.54, 1.807) is 30.3 Å². The molecule has 2 fully saturated rings. The Morgan fingerprint density at radius 3 is 2.47 bits per heavy atom. The number of aromatic nitrogens is 4. The van der Waals surface area contributed by atoms with Crippen LogP contribution in [0.15, 0.2) is 61.2 Å². The number of amides is 2. The number of hydrogen-bond donors (Lipinski definition) is 3. The maximum absolute atomic E-state index is 12.7. The molecule has 36 heavy (non-hydrogen) atoms. The third-order valence-electron chi connectivity index (χ3n) is 6.52. The Labute approximate surface area is 212 Å². The van der Waals surface area contributed by atoms with Gasteiger partial charge in [0.15, 0.2) is 0 Å². The molecule has 0 radical (unpaired) electrons. The highest BCUT2D eigenvalue weighted by Crippen LogP contribution is 2.41. The zero-order chi connectivity index (χ0) is 24.6. The Bertz CT molecular complexity index is 1450. The van der Waals surface area contributed by atoms with Gasteiger partial charge in [0.2, 0.25) is 11.8 Å². The van der Waals surface area contributed by atoms with Gasteiger partial charge in [0.05, 0.1) is 24.1 Å². The van der Waals surface area contributed by atoms with Crippen LogP contribution in [-0.4, -0.2) is 31.2 Å². The van der Waals surface area contributed by atoms with Crippen LogP contribution in [0.1, 0.15) is 36.4 Å². The number of rotatable bonds is 8. The van der Waals surface area contributed by atoms with Gasteiger partial charge in [-0.2, -0.15) is 0 Å². The third kappa shape index (κ3) is 5.01. The van der Waals surface area contributed by atoms with Gasteiger partial charge in [-0.05, 0) is 61.1 Å². The van der Waals surface area contributed by atoms with E-state index < -0.39 is 0 Å². The topological polar surface area (TPSA) is 113 Å². The Morgan fingerprint density at radius 2 is 1.69 bits per heavy atom. The van der Waals surface area contributed by atoms with E-state index in [0.29, 0.717) is 41.2 Å². The van der Waals surface area contributed by atoms with Crippen molar-refractivity contribution in [3.8, 4) is 0 Å². The minimum absolute atomic E-state index is 0.181. The maximum atomic E-state index is 12.7. The fraction of sp³-hybridized carbons (Fsp3) is 0.269. The Hall–Kier alpha value is -3.98. The number of anilines is 3. The minimum Gasteiger partial charge on any atom is -0.364 e. The van der Waals surface area contributed by atoms with Gasteiger partial charge in [-0.15, -0.1) is 0 Å². The molecule has 0 bridgehead atoms. The molecule has 9 nitrogen and oxygen atoms in total. The highest BCUT2D eigenvalue weighted by molar-refractivity contribution is 6.30. The van der Waals surface area contributed by atoms with Gasteiger partial charge >= 0.3 is 0 Å². The van der Waals surface area contributed by atoms with Gasteiger partial charge in [-0.25, -0.2) is 15.0 Å². The molecule has 1 aromatic carbocycles. The first-order chi connectivity index (χ1) is 17.5. The summed E-state index contributed by atoms with van der Waals surface area (Å²) in [6.45, 7) is 0.487. The van der Waals surface area contributed by atoms with E-state index in [1.165, 1.54) is 24.7 Å². The molecule has 2 atom stereocenters. The van der Waals surface area contributed by atoms with Crippen molar-refractivity contribution in [2.75, 3.05) is 16.0 Å². The zero-order valence-corrected chi connectivity index (χ0v) is 20.1. The highest BCUT2D eigenvalue weighted by atomic mass is 35.5. The van der Waals surface area contributed by atoms with Crippen LogP contribution in [0.5, 0.6) is 0 Å². The molecule has 6 rings (SSSR count). The zero-order valence-electron chi connectivity index (χ0n) is 19.3. The minimum atomic E-state index is -0.387. The van der Waals surface area contributed by atoms with Gasteiger partial charge in [0.1, 0.15) is 23.6 Å². The van der Waals surface area contributed by atoms with E-state index in [9.17, 15) is 9.59 Å². The van der Waals surface area contributed by atoms with Crippen LogP contribution >= 0.6 is 11.6 Å². The van der Waals surface area contributed by atoms with E-state index in [-0.39, 0.29) is 23.7 Å². The van der Waals surface area contributed by atoms with Crippen molar-refractivity contribution in [3.05, 3.63) is 77.5 Å². The van der Waals surface area contributed by atoms with Gasteiger partial charge in [0, 0.05) is 29.2 Å². The molecule has 182 valence electrons. The summed E-state index contributed by atoms with van der Waals surface area (Å²) in [7, 11) is 0. The van der Waals surface area contributed by atoms with Crippen LogP contribution in [0, 0.1) is 11.8 Å². The van der Waals surface area contributed by atoms with Crippen molar-refractivity contribution in [3.63, 3.8) is 0 Å². The normalized spacial score (nSPS) is 18.6. The summed E-state index contributed by atoms with van der Waals surface area (Å²) in [5, 5.41) is 9.45. The van der Waals surface area contributed by atoms with E-state index in [4.69, 9.17) is 11.6 Å². The second-order valence-corrected chi connectivity index (χ2v) is 9.75. The molecule has 3 aromatic heterocycles. The molecule has 2 aliphatic carbocycles. The van der Waals surface area contributed by atoms with Crippen molar-refractivity contribution < 1.29 is 9.59 Å². The molecule has 2 aliphatic rings. The van der Waals surface area contributed by atoms with Crippen LogP contribution in [-0.2, 0) is 16.1 Å². The van der Waals surface area contributed by atoms with Crippen molar-refractivity contribution >= 4 is 46.4 Å². The van der Waals surface area contributed by atoms with Crippen LogP contribution in [0.4, 0.5) is 17.3 Å². The summed E-state index contributed by atoms with van der Waals surface area (Å²) >= 11 is 5.88. The largest absolute Gasteiger partial charge is 0.364 e. The Balaban J connectivity index is 1.03. The van der Waals surface area contributed by atoms with Crippen molar-refractivity contribution in [1.29, 1.82) is 0 Å². The molecule has 10 heteroatoms. The Kier molecular flexibility index (Phi) is 5.77. The first-order valence-electron chi connectivity index (χ1n) is 11.9. The lowest BCUT2D eigenvalue weighted by Crippen LogP contribution is -2.21. The maximum Gasteiger partial charge on any atom is 0.229 e. The van der Waals surface area contributed by atoms with Crippen LogP contribution in [0.2, 0.25) is 5.02 Å². The summed E-state index contributed by atoms with van der Waals surface area (Å²) in [6, 6.07) is 12.7. The number of imidazole rings is 1. The van der Waals surface area contributed by atoms with E-state index in [0.717, 1.165) is 11.3 Å². The summed E-state index contributed by atoms with van der Waals surface area (Å²) in [6.07, 6.45) is 8.58. The standard InChI is InChI=1S/C26H24ClN7O2/c27-17-4-6-18(7-5-17)32-25(35)20-9-21(20)26(36)33-23-10-22(29-14-30-23)28-11-19-13-34-12-16(15-1-2-15)3-8-24(34)31-19/h3-8,10,12-15,20-21H,1-2,9,11H2,(H,32,35)(H2,28,29,30,33,36)/t20-,21+/m0/s1. The number of hydrogen-bond acceptors (Lipinski definition) is 6. The third-order valence-corrected chi connectivity index (χ3v) is 6.77. The molecule has 0 saturated heterocycles. The predicted octanol–water partition coefficient (Wildman–Crippen LogP) is 4.48. The number of benzene rings is 1. The van der Waals surface area contributed by atoms with Gasteiger partial charge in [0.25, 0.3) is 0 Å². The molecule has 4 aromatic rings. The fourth-order valence-corrected chi connectivity index (χ4v) is 4.40. The number of nitrogens with one attached hydrogen (secondary N) is 3. The summed E-state index contributed by atoms with van der Waals surface area (Å²) in [5.74, 6) is 0.478. The van der Waals surface area contributed by atoms with E-state index in [1.807, 2.05) is 6.20 Å². The molecule has 0 unspecified atom stereocenters. The first kappa shape index (κ1) is 22.5. The number of nitrogens with zero attached hydrogens (tertiary/aromatic N) is 4. The molecule has 3 heterocycles. The van der Waals surface area contributed by atoms with Crippen molar-refractivity contribution in [2.45, 2.75) is 31.7 Å². The fourth-order valence-electron chi connectivity index (χ4n) is 4.27. The van der Waals surface area contributed by atoms with Gasteiger partial charge < -0.3 is 20.4 Å². The number of halogens is 1. The van der Waals surface area contributed by atoms with Crippen LogP contribution in [0.3, 0.4) is 0 Å². The lowest BCUT2D eigenvalue weighted by Gasteiger charge is -2.07. The smallest absolute Gasteiger partial charge is 0.229 e. The van der Waals surface area contributed by atoms with Crippen LogP contribution < -0.4 is 16.0 Å². The van der Waals surface area contributed by atoms with Crippen molar-refractivity contribution in [1.82, 2.24) is 19.4 Å². The van der Waals surface area contributed by atoms with Crippen LogP contribution in [0.25, 0.3) is 5.65 Å². The molecule has 2 saturated carbocycles. The summed E-state index contributed by atoms with van der Waals surface area (Å²) in [4.78, 5) is 38.1. The second kappa shape index (κ2) is 9.23. The quantitative estimate of drug-likeness (QED) is 0.328. The van der Waals surface area contributed by atoms with Gasteiger partial charge in [-0.1, -0.05) is 17.7 Å². The first-order valence-corrected chi connectivity index (χ1v) is 12.3. The number of carbonyl (C=O) groups excluding carboxylic acids is 2. The monoisotopic (exact) mass is 501 g/mol. The molecular formula is C26H24ClN7O2. The molecular weight excluding hydrogens is 478 g/mol. The molecule has 2 amide bonds. The molecule has 0 aliphatic heterocycles. The summed E-state index contributed by atoms with van der Waals surface area (Å²) in [5.41, 5.74) is 3.80. The molecule has 3 N–H and O–H groups in total. The summed E-state index contributed by atoms with van der Waals surface area (Å²) < 4.78 is 2.06. The van der Waals surface area contributed by atoms with Gasteiger partial charge in [-0.3, -0.25) is 9.59 Å². The second-order valence-electron chi connectivity index (χ2n) is 9.31. The number of fused-ring (bicyclic) bond motifs is 1. The highest BCUT2D eigenvalue weighted by Gasteiger charge is 2.48. The lowest BCUT2D eigenvalue weighted by atomic mass is 10.2. The SMILES string of the molecule is O=C(Nc1ccc(Cl)cc1)[C@H]1C[C@H]1C(=O)Nc1cc(NCc2cn3cc(C4CC4)ccc3n2)ncn1. The molecule has 0 spiro atoms. The number of pyridine rings is 1.